The Hall–Kier alpha value is -0.876. The molecule has 0 amide bonds. The fraction of sp³-hybridized carbons (Fsp3) is 0.818. The van der Waals surface area contributed by atoms with Gasteiger partial charge >= 0.3 is 0 Å². The van der Waals surface area contributed by atoms with E-state index in [9.17, 15) is 28.8 Å². The quantitative estimate of drug-likeness (QED) is 0.274. The third kappa shape index (κ3) is 21.8. The van der Waals surface area contributed by atoms with Gasteiger partial charge in [-0.1, -0.05) is 125 Å². The molecule has 0 fully saturated rings. The summed E-state index contributed by atoms with van der Waals surface area (Å²) in [4.78, 5) is 69.0. The third-order valence-corrected chi connectivity index (χ3v) is 5.98. The SMILES string of the molecule is CC(C)(C)C(=O)CC(=O)C(C)(C)C.CC(C)(C)C(=O)CC(=O)C(C)(C)C.CC(C)(C)C(=O)CC(=O)C(C)(C)C.[Y]. The zero-order chi connectivity index (χ0) is 32.6. The predicted molar refractivity (Wildman–Crippen MR) is 161 cm³/mol. The van der Waals surface area contributed by atoms with Crippen LogP contribution in [0, 0.1) is 32.5 Å². The smallest absolute Gasteiger partial charge is 0.145 e. The van der Waals surface area contributed by atoms with E-state index in [4.69, 9.17) is 0 Å². The van der Waals surface area contributed by atoms with Gasteiger partial charge in [0, 0.05) is 65.2 Å². The summed E-state index contributed by atoms with van der Waals surface area (Å²) in [5.74, 6) is 0.125. The van der Waals surface area contributed by atoms with Crippen LogP contribution in [-0.4, -0.2) is 34.7 Å². The van der Waals surface area contributed by atoms with Crippen molar-refractivity contribution in [2.45, 2.75) is 144 Å². The summed E-state index contributed by atoms with van der Waals surface area (Å²) in [6.07, 6.45) is 0.187. The minimum atomic E-state index is -0.402. The molecule has 0 rings (SSSR count). The molecule has 0 unspecified atom stereocenters. The van der Waals surface area contributed by atoms with E-state index in [0.717, 1.165) is 0 Å². The normalized spacial score (nSPS) is 12.4. The van der Waals surface area contributed by atoms with Gasteiger partial charge in [0.15, 0.2) is 0 Å². The maximum Gasteiger partial charge on any atom is 0.145 e. The molecule has 0 aromatic heterocycles. The molecule has 7 heteroatoms. The molecule has 0 aromatic carbocycles. The van der Waals surface area contributed by atoms with Crippen molar-refractivity contribution in [2.24, 2.45) is 32.5 Å². The summed E-state index contributed by atoms with van der Waals surface area (Å²) in [6.45, 7) is 33.1. The van der Waals surface area contributed by atoms with Crippen molar-refractivity contribution in [2.75, 3.05) is 0 Å². The fourth-order valence-corrected chi connectivity index (χ4v) is 2.03. The van der Waals surface area contributed by atoms with Crippen molar-refractivity contribution in [3.63, 3.8) is 0 Å². The minimum Gasteiger partial charge on any atom is -0.299 e. The van der Waals surface area contributed by atoms with Crippen LogP contribution >= 0.6 is 0 Å². The molecule has 6 nitrogen and oxygen atoms in total. The van der Waals surface area contributed by atoms with Gasteiger partial charge in [0.25, 0.3) is 0 Å². The van der Waals surface area contributed by atoms with Crippen molar-refractivity contribution in [3.05, 3.63) is 0 Å². The predicted octanol–water partition coefficient (Wildman–Crippen LogP) is 7.82. The van der Waals surface area contributed by atoms with E-state index in [2.05, 4.69) is 0 Å². The molecule has 0 saturated carbocycles. The molecule has 0 aromatic rings. The van der Waals surface area contributed by atoms with Crippen molar-refractivity contribution in [3.8, 4) is 0 Å². The Morgan fingerprint density at radius 3 is 0.400 bits per heavy atom. The van der Waals surface area contributed by atoms with E-state index in [0.29, 0.717) is 0 Å². The zero-order valence-electron chi connectivity index (χ0n) is 29.1. The van der Waals surface area contributed by atoms with Crippen molar-refractivity contribution >= 4 is 34.7 Å². The first-order chi connectivity index (χ1) is 16.6. The molecular formula is C33H60O6Y. The number of hydrogen-bond donors (Lipinski definition) is 0. The molecule has 0 aliphatic heterocycles. The number of hydrogen-bond acceptors (Lipinski definition) is 6. The van der Waals surface area contributed by atoms with E-state index in [1.165, 1.54) is 0 Å². The number of carbonyl (C=O) groups is 6. The Labute approximate surface area is 271 Å². The zero-order valence-corrected chi connectivity index (χ0v) is 32.0. The molecule has 0 aliphatic rings. The average Bonchev–Trinajstić information content (AvgIpc) is 2.64. The van der Waals surface area contributed by atoms with Gasteiger partial charge in [-0.05, 0) is 0 Å². The van der Waals surface area contributed by atoms with Gasteiger partial charge in [0.05, 0.1) is 19.3 Å². The third-order valence-electron chi connectivity index (χ3n) is 5.98. The molecule has 0 heterocycles. The van der Waals surface area contributed by atoms with Crippen LogP contribution in [0.3, 0.4) is 0 Å². The molecule has 40 heavy (non-hydrogen) atoms. The summed E-state index contributed by atoms with van der Waals surface area (Å²) in [6, 6.07) is 0. The molecule has 0 spiro atoms. The van der Waals surface area contributed by atoms with E-state index < -0.39 is 32.5 Å². The van der Waals surface area contributed by atoms with Gasteiger partial charge < -0.3 is 0 Å². The number of carbonyl (C=O) groups excluding carboxylic acids is 6. The second-order valence-electron chi connectivity index (χ2n) is 16.6. The van der Waals surface area contributed by atoms with Crippen LogP contribution in [0.15, 0.2) is 0 Å². The summed E-state index contributed by atoms with van der Waals surface area (Å²) in [7, 11) is 0. The Bertz CT molecular complexity index is 693. The summed E-state index contributed by atoms with van der Waals surface area (Å²) < 4.78 is 0. The van der Waals surface area contributed by atoms with Gasteiger partial charge in [-0.25, -0.2) is 0 Å². The van der Waals surface area contributed by atoms with Crippen molar-refractivity contribution in [1.82, 2.24) is 0 Å². The standard InChI is InChI=1S/3C11H20O2.Y/c3*1-10(2,3)8(12)7-9(13)11(4,5)6;/h3*7H2,1-6H3;. The topological polar surface area (TPSA) is 102 Å². The first-order valence-corrected chi connectivity index (χ1v) is 13.8. The molecule has 1 radical (unpaired) electrons. The Morgan fingerprint density at radius 2 is 0.350 bits per heavy atom. The van der Waals surface area contributed by atoms with E-state index in [-0.39, 0.29) is 86.7 Å². The maximum atomic E-state index is 11.5. The monoisotopic (exact) mass is 641 g/mol. The van der Waals surface area contributed by atoms with Gasteiger partial charge in [-0.3, -0.25) is 28.8 Å². The summed E-state index contributed by atoms with van der Waals surface area (Å²) in [5.41, 5.74) is -2.41. The molecule has 231 valence electrons. The van der Waals surface area contributed by atoms with Gasteiger partial charge in [-0.2, -0.15) is 0 Å². The van der Waals surface area contributed by atoms with Crippen molar-refractivity contribution < 1.29 is 61.5 Å². The van der Waals surface area contributed by atoms with Gasteiger partial charge in [-0.15, -0.1) is 0 Å². The van der Waals surface area contributed by atoms with Crippen LogP contribution in [0.5, 0.6) is 0 Å². The Kier molecular flexibility index (Phi) is 19.2. The van der Waals surface area contributed by atoms with Crippen LogP contribution in [0.25, 0.3) is 0 Å². The Balaban J connectivity index is -0.000000240. The molecule has 0 bridgehead atoms. The van der Waals surface area contributed by atoms with Crippen LogP contribution in [0.1, 0.15) is 144 Å². The van der Waals surface area contributed by atoms with E-state index in [1.54, 1.807) is 0 Å². The minimum absolute atomic E-state index is 0. The molecule has 0 aliphatic carbocycles. The van der Waals surface area contributed by atoms with Crippen LogP contribution in [0.2, 0.25) is 0 Å². The number of Topliss-reactive ketones (excluding diaryl/α,β-unsaturated/α-hetero) is 6. The Morgan fingerprint density at radius 1 is 0.275 bits per heavy atom. The molecule has 0 atom stereocenters. The fourth-order valence-electron chi connectivity index (χ4n) is 2.03. The second kappa shape index (κ2) is 16.7. The number of ketones is 6. The first-order valence-electron chi connectivity index (χ1n) is 13.8. The molecule has 0 saturated heterocycles. The van der Waals surface area contributed by atoms with Crippen LogP contribution < -0.4 is 0 Å². The summed E-state index contributed by atoms with van der Waals surface area (Å²) >= 11 is 0. The maximum absolute atomic E-state index is 11.5. The average molecular weight is 642 g/mol. The molecular weight excluding hydrogens is 581 g/mol. The van der Waals surface area contributed by atoms with Crippen LogP contribution in [0.4, 0.5) is 0 Å². The number of rotatable bonds is 6. The second-order valence-corrected chi connectivity index (χ2v) is 16.6. The van der Waals surface area contributed by atoms with Crippen LogP contribution in [-0.2, 0) is 61.5 Å². The van der Waals surface area contributed by atoms with Gasteiger partial charge in [0.2, 0.25) is 0 Å². The van der Waals surface area contributed by atoms with Gasteiger partial charge in [0.1, 0.15) is 34.7 Å². The van der Waals surface area contributed by atoms with E-state index in [1.807, 2.05) is 125 Å². The molecule has 0 N–H and O–H groups in total. The summed E-state index contributed by atoms with van der Waals surface area (Å²) in [5, 5.41) is 0. The van der Waals surface area contributed by atoms with Crippen molar-refractivity contribution in [1.29, 1.82) is 0 Å². The van der Waals surface area contributed by atoms with E-state index >= 15 is 0 Å². The first kappa shape index (κ1) is 46.1. The largest absolute Gasteiger partial charge is 0.299 e.